The van der Waals surface area contributed by atoms with Crippen molar-refractivity contribution in [3.63, 3.8) is 0 Å². The highest BCUT2D eigenvalue weighted by Gasteiger charge is 2.24. The van der Waals surface area contributed by atoms with Crippen molar-refractivity contribution in [2.24, 2.45) is 0 Å². The molecule has 1 heterocycles. The highest BCUT2D eigenvalue weighted by molar-refractivity contribution is 8.05. The van der Waals surface area contributed by atoms with Crippen LogP contribution < -0.4 is 0 Å². The Morgan fingerprint density at radius 1 is 1.50 bits per heavy atom. The Morgan fingerprint density at radius 3 is 2.56 bits per heavy atom. The predicted octanol–water partition coefficient (Wildman–Crippen LogP) is 1.94. The maximum atomic E-state index is 11.4. The lowest BCUT2D eigenvalue weighted by Gasteiger charge is -2.05. The lowest BCUT2D eigenvalue weighted by Crippen LogP contribution is -2.08. The van der Waals surface area contributed by atoms with E-state index < -0.39 is 5.97 Å². The molecule has 0 saturated carbocycles. The quantitative estimate of drug-likeness (QED) is 0.254. The molecular weight excluding hydrogens is 242 g/mol. The molecule has 88 valence electrons. The SMILES string of the molecule is COC(=O)C(=C=[N-])/C(=C\[S+]1CCCC1)SC. The lowest BCUT2D eigenvalue weighted by molar-refractivity contribution is -0.135. The highest BCUT2D eigenvalue weighted by Crippen LogP contribution is 2.25. The summed E-state index contributed by atoms with van der Waals surface area (Å²) in [4.78, 5) is 12.1. The van der Waals surface area contributed by atoms with Gasteiger partial charge < -0.3 is 10.1 Å². The Kier molecular flexibility index (Phi) is 5.74. The van der Waals surface area contributed by atoms with Crippen molar-refractivity contribution in [3.05, 3.63) is 21.3 Å². The van der Waals surface area contributed by atoms with E-state index in [1.54, 1.807) is 0 Å². The molecule has 16 heavy (non-hydrogen) atoms. The molecule has 1 fully saturated rings. The molecule has 5 heteroatoms. The number of carbonyl (C=O) groups is 1. The maximum absolute atomic E-state index is 11.4. The molecule has 1 rings (SSSR count). The van der Waals surface area contributed by atoms with E-state index in [1.165, 1.54) is 43.2 Å². The molecule has 0 amide bonds. The zero-order valence-corrected chi connectivity index (χ0v) is 11.1. The smallest absolute Gasteiger partial charge is 0.345 e. The first kappa shape index (κ1) is 13.4. The zero-order valence-electron chi connectivity index (χ0n) is 9.49. The van der Waals surface area contributed by atoms with Gasteiger partial charge in [0.2, 0.25) is 0 Å². The summed E-state index contributed by atoms with van der Waals surface area (Å²) >= 11 is 1.44. The summed E-state index contributed by atoms with van der Waals surface area (Å²) in [7, 11) is 1.54. The number of rotatable bonds is 4. The van der Waals surface area contributed by atoms with Gasteiger partial charge in [0.15, 0.2) is 0 Å². The van der Waals surface area contributed by atoms with Crippen molar-refractivity contribution >= 4 is 34.5 Å². The van der Waals surface area contributed by atoms with E-state index in [9.17, 15) is 4.79 Å². The number of carbonyl (C=O) groups excluding carboxylic acids is 1. The van der Waals surface area contributed by atoms with Gasteiger partial charge >= 0.3 is 5.97 Å². The van der Waals surface area contributed by atoms with E-state index in [0.29, 0.717) is 0 Å². The maximum Gasteiger partial charge on any atom is 0.345 e. The summed E-state index contributed by atoms with van der Waals surface area (Å²) in [5, 5.41) is 11.0. The Labute approximate surface area is 103 Å². The molecule has 1 aliphatic rings. The Morgan fingerprint density at radius 2 is 2.12 bits per heavy atom. The van der Waals surface area contributed by atoms with Gasteiger partial charge in [-0.15, -0.1) is 11.8 Å². The summed E-state index contributed by atoms with van der Waals surface area (Å²) in [6, 6.07) is 0. The predicted molar refractivity (Wildman–Crippen MR) is 71.8 cm³/mol. The van der Waals surface area contributed by atoms with Crippen LogP contribution in [0.4, 0.5) is 0 Å². The van der Waals surface area contributed by atoms with Crippen molar-refractivity contribution in [3.8, 4) is 0 Å². The first-order chi connectivity index (χ1) is 7.72. The van der Waals surface area contributed by atoms with Gasteiger partial charge in [-0.1, -0.05) is 0 Å². The molecule has 0 bridgehead atoms. The number of ether oxygens (including phenoxy) is 1. The van der Waals surface area contributed by atoms with E-state index >= 15 is 0 Å². The van der Waals surface area contributed by atoms with Gasteiger partial charge in [0, 0.05) is 10.9 Å². The number of methoxy groups -OCH3 is 1. The fourth-order valence-electron chi connectivity index (χ4n) is 1.46. The molecule has 0 aromatic heterocycles. The van der Waals surface area contributed by atoms with Crippen LogP contribution in [0.3, 0.4) is 0 Å². The van der Waals surface area contributed by atoms with Gasteiger partial charge in [0.25, 0.3) is 0 Å². The van der Waals surface area contributed by atoms with E-state index in [2.05, 4.69) is 10.1 Å². The van der Waals surface area contributed by atoms with Gasteiger partial charge in [0.05, 0.1) is 17.6 Å². The summed E-state index contributed by atoms with van der Waals surface area (Å²) < 4.78 is 4.60. The fourth-order valence-corrected chi connectivity index (χ4v) is 4.60. The van der Waals surface area contributed by atoms with Gasteiger partial charge in [0.1, 0.15) is 16.9 Å². The molecule has 0 N–H and O–H groups in total. The van der Waals surface area contributed by atoms with Gasteiger partial charge in [-0.2, -0.15) is 0 Å². The first-order valence-electron chi connectivity index (χ1n) is 5.00. The second-order valence-corrected chi connectivity index (χ2v) is 6.29. The lowest BCUT2D eigenvalue weighted by atomic mass is 10.3. The molecule has 0 unspecified atom stereocenters. The van der Waals surface area contributed by atoms with Crippen LogP contribution in [-0.2, 0) is 20.4 Å². The van der Waals surface area contributed by atoms with Crippen LogP contribution in [0.25, 0.3) is 5.41 Å². The molecule has 3 nitrogen and oxygen atoms in total. The second-order valence-electron chi connectivity index (χ2n) is 3.32. The third-order valence-corrected chi connectivity index (χ3v) is 5.41. The second kappa shape index (κ2) is 6.84. The van der Waals surface area contributed by atoms with Crippen molar-refractivity contribution < 1.29 is 9.53 Å². The number of esters is 1. The average Bonchev–Trinajstić information content (AvgIpc) is 2.81. The van der Waals surface area contributed by atoms with Crippen LogP contribution in [0.15, 0.2) is 15.9 Å². The van der Waals surface area contributed by atoms with Crippen molar-refractivity contribution in [2.75, 3.05) is 24.9 Å². The van der Waals surface area contributed by atoms with Crippen molar-refractivity contribution in [1.29, 1.82) is 0 Å². The summed E-state index contributed by atoms with van der Waals surface area (Å²) in [6.07, 6.45) is 4.38. The molecule has 0 atom stereocenters. The normalized spacial score (nSPS) is 17.0. The first-order valence-corrected chi connectivity index (χ1v) is 7.86. The summed E-state index contributed by atoms with van der Waals surface area (Å²) in [5.41, 5.74) is 0.134. The average molecular weight is 257 g/mol. The monoisotopic (exact) mass is 257 g/mol. The highest BCUT2D eigenvalue weighted by atomic mass is 32.2. The number of nitrogens with zero attached hydrogens (tertiary/aromatic N) is 1. The van der Waals surface area contributed by atoms with E-state index in [4.69, 9.17) is 5.41 Å². The van der Waals surface area contributed by atoms with Gasteiger partial charge in [-0.3, -0.25) is 5.87 Å². The third-order valence-electron chi connectivity index (χ3n) is 2.30. The third kappa shape index (κ3) is 3.44. The number of hydrogen-bond donors (Lipinski definition) is 0. The molecular formula is C11H15NO2S2. The Balaban J connectivity index is 2.86. The molecule has 1 aliphatic heterocycles. The topological polar surface area (TPSA) is 48.6 Å². The summed E-state index contributed by atoms with van der Waals surface area (Å²) in [5.74, 6) is 3.77. The largest absolute Gasteiger partial charge is 0.763 e. The van der Waals surface area contributed by atoms with Crippen molar-refractivity contribution in [2.45, 2.75) is 12.8 Å². The molecule has 0 aliphatic carbocycles. The molecule has 0 aromatic carbocycles. The van der Waals surface area contributed by atoms with Crippen LogP contribution in [0, 0.1) is 0 Å². The van der Waals surface area contributed by atoms with E-state index in [0.717, 1.165) is 4.91 Å². The minimum atomic E-state index is -0.536. The summed E-state index contributed by atoms with van der Waals surface area (Å²) in [6.45, 7) is 0. The minimum absolute atomic E-state index is 0.134. The number of thioether (sulfide) groups is 1. The van der Waals surface area contributed by atoms with E-state index in [1.807, 2.05) is 12.1 Å². The van der Waals surface area contributed by atoms with E-state index in [-0.39, 0.29) is 16.5 Å². The van der Waals surface area contributed by atoms with Crippen LogP contribution in [0.2, 0.25) is 0 Å². The molecule has 1 saturated heterocycles. The van der Waals surface area contributed by atoms with Crippen LogP contribution >= 0.6 is 11.8 Å². The van der Waals surface area contributed by atoms with Gasteiger partial charge in [-0.25, -0.2) is 4.79 Å². The van der Waals surface area contributed by atoms with Crippen LogP contribution in [0.1, 0.15) is 12.8 Å². The minimum Gasteiger partial charge on any atom is -0.763 e. The zero-order chi connectivity index (χ0) is 12.0. The van der Waals surface area contributed by atoms with Crippen molar-refractivity contribution in [1.82, 2.24) is 0 Å². The molecule has 0 aromatic rings. The van der Waals surface area contributed by atoms with Crippen LogP contribution in [-0.4, -0.2) is 36.7 Å². The fraction of sp³-hybridized carbons (Fsp3) is 0.545. The van der Waals surface area contributed by atoms with Gasteiger partial charge in [-0.05, 0) is 19.1 Å². The Bertz CT molecular complexity index is 340. The van der Waals surface area contributed by atoms with Crippen LogP contribution in [0.5, 0.6) is 0 Å². The number of hydrogen-bond acceptors (Lipinski definition) is 3. The Hall–Kier alpha value is -0.640. The molecule has 0 spiro atoms. The standard InChI is InChI=1S/C11H15NO2S2/c1-14-11(13)9(7-12)10(15-2)8-16-5-3-4-6-16/h8H,3-6H2,1-2H3/b10-8+. The molecule has 0 radical (unpaired) electrons.